The van der Waals surface area contributed by atoms with Crippen LogP contribution in [0.4, 0.5) is 0 Å². The minimum atomic E-state index is -1.33. The van der Waals surface area contributed by atoms with E-state index in [2.05, 4.69) is 0 Å². The lowest BCUT2D eigenvalue weighted by Gasteiger charge is -2.31. The molecule has 4 heteroatoms. The number of hydrogen-bond acceptors (Lipinski definition) is 4. The van der Waals surface area contributed by atoms with Crippen molar-refractivity contribution in [2.75, 3.05) is 6.61 Å². The van der Waals surface area contributed by atoms with Gasteiger partial charge in [0, 0.05) is 12.8 Å². The van der Waals surface area contributed by atoms with Gasteiger partial charge < -0.3 is 9.53 Å². The predicted molar refractivity (Wildman–Crippen MR) is 73.3 cm³/mol. The molecule has 0 fully saturated rings. The second-order valence-electron chi connectivity index (χ2n) is 5.09. The fourth-order valence-corrected chi connectivity index (χ4v) is 3.05. The first kappa shape index (κ1) is 14.4. The Morgan fingerprint density at radius 3 is 2.80 bits per heavy atom. The van der Waals surface area contributed by atoms with Gasteiger partial charge in [-0.25, -0.2) is 0 Å². The van der Waals surface area contributed by atoms with E-state index in [0.717, 1.165) is 11.8 Å². The summed E-state index contributed by atoms with van der Waals surface area (Å²) in [6.07, 6.45) is 1.12. The van der Waals surface area contributed by atoms with E-state index in [0.29, 0.717) is 5.56 Å². The minimum absolute atomic E-state index is 0.152. The van der Waals surface area contributed by atoms with Crippen molar-refractivity contribution in [3.63, 3.8) is 0 Å². The number of Topliss-reactive ketones (excluding diaryl/α,β-unsaturated/α-hetero) is 1. The van der Waals surface area contributed by atoms with E-state index in [1.807, 2.05) is 12.1 Å². The monoisotopic (exact) mass is 274 g/mol. The summed E-state index contributed by atoms with van der Waals surface area (Å²) in [6, 6.07) is 7.29. The molecule has 0 radical (unpaired) electrons. The minimum Gasteiger partial charge on any atom is -0.465 e. The first-order chi connectivity index (χ1) is 9.58. The number of esters is 1. The van der Waals surface area contributed by atoms with Gasteiger partial charge in [0.25, 0.3) is 0 Å². The highest BCUT2D eigenvalue weighted by Crippen LogP contribution is 2.44. The topological polar surface area (TPSA) is 60.4 Å². The number of hydrogen-bond donors (Lipinski definition) is 0. The van der Waals surface area contributed by atoms with Crippen molar-refractivity contribution in [2.45, 2.75) is 32.1 Å². The molecule has 0 N–H and O–H groups in total. The summed E-state index contributed by atoms with van der Waals surface area (Å²) >= 11 is 0. The molecule has 2 unspecified atom stereocenters. The van der Waals surface area contributed by atoms with Crippen LogP contribution < -0.4 is 0 Å². The lowest BCUT2D eigenvalue weighted by molar-refractivity contribution is -0.156. The maximum atomic E-state index is 12.6. The average Bonchev–Trinajstić information content (AvgIpc) is 2.72. The van der Waals surface area contributed by atoms with Gasteiger partial charge >= 0.3 is 5.97 Å². The van der Waals surface area contributed by atoms with Gasteiger partial charge in [-0.05, 0) is 24.0 Å². The SMILES string of the molecule is CCOC(=O)C1(C(C)CC=O)C(=O)Cc2ccccc21. The van der Waals surface area contributed by atoms with Gasteiger partial charge in [-0.3, -0.25) is 9.59 Å². The third-order valence-corrected chi connectivity index (χ3v) is 4.02. The van der Waals surface area contributed by atoms with E-state index in [1.54, 1.807) is 26.0 Å². The van der Waals surface area contributed by atoms with Gasteiger partial charge in [0.2, 0.25) is 0 Å². The quantitative estimate of drug-likeness (QED) is 0.467. The normalized spacial score (nSPS) is 22.2. The zero-order chi connectivity index (χ0) is 14.8. The summed E-state index contributed by atoms with van der Waals surface area (Å²) in [5.41, 5.74) is 0.217. The lowest BCUT2D eigenvalue weighted by atomic mass is 9.70. The van der Waals surface area contributed by atoms with Crippen molar-refractivity contribution >= 4 is 18.0 Å². The molecule has 20 heavy (non-hydrogen) atoms. The lowest BCUT2D eigenvalue weighted by Crippen LogP contribution is -2.47. The van der Waals surface area contributed by atoms with Crippen LogP contribution in [0.5, 0.6) is 0 Å². The smallest absolute Gasteiger partial charge is 0.324 e. The van der Waals surface area contributed by atoms with E-state index >= 15 is 0 Å². The van der Waals surface area contributed by atoms with Crippen molar-refractivity contribution in [1.29, 1.82) is 0 Å². The highest BCUT2D eigenvalue weighted by molar-refractivity contribution is 6.14. The maximum Gasteiger partial charge on any atom is 0.324 e. The van der Waals surface area contributed by atoms with Gasteiger partial charge in [-0.1, -0.05) is 31.2 Å². The Balaban J connectivity index is 2.60. The van der Waals surface area contributed by atoms with Crippen LogP contribution in [0.1, 0.15) is 31.4 Å². The Labute approximate surface area is 118 Å². The van der Waals surface area contributed by atoms with E-state index in [-0.39, 0.29) is 25.2 Å². The Bertz CT molecular complexity index is 549. The first-order valence-electron chi connectivity index (χ1n) is 6.81. The summed E-state index contributed by atoms with van der Waals surface area (Å²) in [4.78, 5) is 35.9. The molecule has 2 atom stereocenters. The molecule has 1 aliphatic carbocycles. The number of fused-ring (bicyclic) bond motifs is 1. The Kier molecular flexibility index (Phi) is 4.02. The van der Waals surface area contributed by atoms with Crippen LogP contribution in [-0.4, -0.2) is 24.6 Å². The Morgan fingerprint density at radius 1 is 1.45 bits per heavy atom. The molecule has 1 aromatic carbocycles. The van der Waals surface area contributed by atoms with Crippen LogP contribution in [0.2, 0.25) is 0 Å². The van der Waals surface area contributed by atoms with Gasteiger partial charge in [0.15, 0.2) is 11.2 Å². The third-order valence-electron chi connectivity index (χ3n) is 4.02. The molecule has 0 saturated heterocycles. The maximum absolute atomic E-state index is 12.6. The van der Waals surface area contributed by atoms with Crippen molar-refractivity contribution in [3.05, 3.63) is 35.4 Å². The zero-order valence-electron chi connectivity index (χ0n) is 11.7. The zero-order valence-corrected chi connectivity index (χ0v) is 11.7. The molecule has 2 rings (SSSR count). The molecule has 1 aliphatic rings. The molecule has 1 aromatic rings. The van der Waals surface area contributed by atoms with E-state index in [1.165, 1.54) is 0 Å². The Morgan fingerprint density at radius 2 is 2.15 bits per heavy atom. The number of carbonyl (C=O) groups is 3. The van der Waals surface area contributed by atoms with Crippen molar-refractivity contribution in [2.24, 2.45) is 5.92 Å². The van der Waals surface area contributed by atoms with Crippen LogP contribution in [-0.2, 0) is 31.0 Å². The number of aldehydes is 1. The summed E-state index contributed by atoms with van der Waals surface area (Å²) in [6.45, 7) is 3.68. The van der Waals surface area contributed by atoms with Crippen LogP contribution >= 0.6 is 0 Å². The number of ether oxygens (including phenoxy) is 1. The molecule has 4 nitrogen and oxygen atoms in total. The molecule has 0 heterocycles. The van der Waals surface area contributed by atoms with Gasteiger partial charge in [0.05, 0.1) is 6.61 Å². The van der Waals surface area contributed by atoms with Crippen molar-refractivity contribution < 1.29 is 19.1 Å². The average molecular weight is 274 g/mol. The number of rotatable bonds is 5. The fourth-order valence-electron chi connectivity index (χ4n) is 3.05. The third kappa shape index (κ3) is 1.96. The van der Waals surface area contributed by atoms with Crippen LogP contribution in [0.15, 0.2) is 24.3 Å². The molecular weight excluding hydrogens is 256 g/mol. The van der Waals surface area contributed by atoms with E-state index in [4.69, 9.17) is 4.74 Å². The summed E-state index contributed by atoms with van der Waals surface area (Å²) in [5.74, 6) is -1.12. The van der Waals surface area contributed by atoms with Crippen molar-refractivity contribution in [3.8, 4) is 0 Å². The molecule has 0 aromatic heterocycles. The number of benzene rings is 1. The van der Waals surface area contributed by atoms with Crippen LogP contribution in [0.3, 0.4) is 0 Å². The van der Waals surface area contributed by atoms with Crippen LogP contribution in [0.25, 0.3) is 0 Å². The summed E-state index contributed by atoms with van der Waals surface area (Å²) < 4.78 is 5.15. The molecule has 0 spiro atoms. The molecule has 106 valence electrons. The van der Waals surface area contributed by atoms with Gasteiger partial charge in [0.1, 0.15) is 6.29 Å². The number of ketones is 1. The molecule has 0 amide bonds. The highest BCUT2D eigenvalue weighted by atomic mass is 16.5. The largest absolute Gasteiger partial charge is 0.465 e. The molecule has 0 aliphatic heterocycles. The second-order valence-corrected chi connectivity index (χ2v) is 5.09. The fraction of sp³-hybridized carbons (Fsp3) is 0.438. The molecule has 0 saturated carbocycles. The van der Waals surface area contributed by atoms with Gasteiger partial charge in [-0.15, -0.1) is 0 Å². The second kappa shape index (κ2) is 5.57. The predicted octanol–water partition coefficient (Wildman–Crippen LogP) is 1.84. The number of carbonyl (C=O) groups excluding carboxylic acids is 3. The first-order valence-corrected chi connectivity index (χ1v) is 6.81. The highest BCUT2D eigenvalue weighted by Gasteiger charge is 2.56. The van der Waals surface area contributed by atoms with Gasteiger partial charge in [-0.2, -0.15) is 0 Å². The molecular formula is C16H18O4. The Hall–Kier alpha value is -1.97. The molecule has 0 bridgehead atoms. The van der Waals surface area contributed by atoms with E-state index in [9.17, 15) is 14.4 Å². The summed E-state index contributed by atoms with van der Waals surface area (Å²) in [5, 5.41) is 0. The van der Waals surface area contributed by atoms with Crippen molar-refractivity contribution in [1.82, 2.24) is 0 Å². The summed E-state index contributed by atoms with van der Waals surface area (Å²) in [7, 11) is 0. The standard InChI is InChI=1S/C16H18O4/c1-3-20-15(19)16(11(2)8-9-17)13-7-5-4-6-12(13)10-14(16)18/h4-7,9,11H,3,8,10H2,1-2H3. The van der Waals surface area contributed by atoms with Crippen LogP contribution in [0, 0.1) is 5.92 Å². The van der Waals surface area contributed by atoms with E-state index < -0.39 is 17.3 Å².